The molecule has 3 aliphatic rings. The Morgan fingerprint density at radius 1 is 0.846 bits per heavy atom. The second kappa shape index (κ2) is 6.47. The van der Waals surface area contributed by atoms with Crippen LogP contribution in [0, 0.1) is 5.41 Å². The number of benzene rings is 1. The number of rotatable bonds is 6. The summed E-state index contributed by atoms with van der Waals surface area (Å²) in [4.78, 5) is 0. The molecule has 2 bridgehead atoms. The molecule has 3 nitrogen and oxygen atoms in total. The SMILES string of the molecule is CCOC1(OCC)[C@H]2c3ccccc3[C@H]([n+]3ccccc32)C1(CC)CC. The predicted octanol–water partition coefficient (Wildman–Crippen LogP) is 4.60. The number of nitrogens with zero attached hydrogens (tertiary/aromatic N) is 1. The fourth-order valence-corrected chi connectivity index (χ4v) is 5.78. The Hall–Kier alpha value is -1.71. The summed E-state index contributed by atoms with van der Waals surface area (Å²) in [6.07, 6.45) is 4.27. The molecule has 5 rings (SSSR count). The molecule has 3 heterocycles. The van der Waals surface area contributed by atoms with Gasteiger partial charge in [0.05, 0.1) is 5.41 Å². The molecule has 1 aromatic heterocycles. The highest BCUT2D eigenvalue weighted by Crippen LogP contribution is 2.64. The van der Waals surface area contributed by atoms with Gasteiger partial charge >= 0.3 is 0 Å². The summed E-state index contributed by atoms with van der Waals surface area (Å²) in [6, 6.07) is 15.6. The molecular weight excluding hydrogens is 322 g/mol. The van der Waals surface area contributed by atoms with Crippen LogP contribution in [0.15, 0.2) is 48.7 Å². The van der Waals surface area contributed by atoms with Gasteiger partial charge < -0.3 is 9.47 Å². The minimum atomic E-state index is -0.625. The first-order chi connectivity index (χ1) is 12.7. The maximum Gasteiger partial charge on any atom is 0.197 e. The quantitative estimate of drug-likeness (QED) is 0.560. The average molecular weight is 352 g/mol. The Morgan fingerprint density at radius 3 is 2.08 bits per heavy atom. The van der Waals surface area contributed by atoms with E-state index in [1.165, 1.54) is 16.8 Å². The lowest BCUT2D eigenvalue weighted by Crippen LogP contribution is -2.73. The minimum Gasteiger partial charge on any atom is -0.348 e. The van der Waals surface area contributed by atoms with E-state index in [-0.39, 0.29) is 17.4 Å². The second-order valence-electron chi connectivity index (χ2n) is 7.39. The van der Waals surface area contributed by atoms with E-state index < -0.39 is 5.79 Å². The lowest BCUT2D eigenvalue weighted by atomic mass is 9.53. The molecule has 2 aliphatic heterocycles. The van der Waals surface area contributed by atoms with Crippen LogP contribution in [0.25, 0.3) is 0 Å². The zero-order chi connectivity index (χ0) is 18.4. The van der Waals surface area contributed by atoms with Crippen LogP contribution in [-0.2, 0) is 9.47 Å². The summed E-state index contributed by atoms with van der Waals surface area (Å²) in [5, 5.41) is 0. The van der Waals surface area contributed by atoms with Gasteiger partial charge in [-0.1, -0.05) is 44.2 Å². The van der Waals surface area contributed by atoms with Crippen molar-refractivity contribution in [1.29, 1.82) is 0 Å². The first-order valence-corrected chi connectivity index (χ1v) is 10.1. The summed E-state index contributed by atoms with van der Waals surface area (Å²) in [6.45, 7) is 10.1. The van der Waals surface area contributed by atoms with E-state index in [0.29, 0.717) is 13.2 Å². The number of hydrogen-bond donors (Lipinski definition) is 0. The van der Waals surface area contributed by atoms with Crippen LogP contribution < -0.4 is 4.57 Å². The van der Waals surface area contributed by atoms with Crippen molar-refractivity contribution < 1.29 is 14.0 Å². The van der Waals surface area contributed by atoms with Crippen LogP contribution in [0.2, 0.25) is 0 Å². The molecule has 1 aliphatic carbocycles. The summed E-state index contributed by atoms with van der Waals surface area (Å²) in [5.74, 6) is -0.537. The van der Waals surface area contributed by atoms with Crippen molar-refractivity contribution in [2.75, 3.05) is 13.2 Å². The molecule has 2 atom stereocenters. The minimum absolute atomic E-state index is 0.0877. The van der Waals surface area contributed by atoms with Crippen LogP contribution in [0.5, 0.6) is 0 Å². The molecule has 26 heavy (non-hydrogen) atoms. The van der Waals surface area contributed by atoms with Gasteiger partial charge in [-0.15, -0.1) is 0 Å². The monoisotopic (exact) mass is 352 g/mol. The van der Waals surface area contributed by atoms with Crippen molar-refractivity contribution in [2.24, 2.45) is 5.41 Å². The van der Waals surface area contributed by atoms with Gasteiger partial charge in [0.2, 0.25) is 0 Å². The first kappa shape index (κ1) is 17.7. The van der Waals surface area contributed by atoms with Gasteiger partial charge in [-0.05, 0) is 32.3 Å². The maximum absolute atomic E-state index is 6.62. The summed E-state index contributed by atoms with van der Waals surface area (Å²) >= 11 is 0. The molecule has 0 fully saturated rings. The van der Waals surface area contributed by atoms with Gasteiger partial charge in [0.25, 0.3) is 0 Å². The number of fused-ring (bicyclic) bond motifs is 1. The van der Waals surface area contributed by atoms with E-state index in [4.69, 9.17) is 9.47 Å². The molecule has 0 saturated carbocycles. The average Bonchev–Trinajstić information content (AvgIpc) is 2.68. The van der Waals surface area contributed by atoms with E-state index >= 15 is 0 Å². The third-order valence-electron chi connectivity index (χ3n) is 6.68. The third-order valence-corrected chi connectivity index (χ3v) is 6.68. The third kappa shape index (κ3) is 1.99. The van der Waals surface area contributed by atoms with Crippen molar-refractivity contribution in [3.05, 3.63) is 65.5 Å². The topological polar surface area (TPSA) is 22.3 Å². The van der Waals surface area contributed by atoms with Crippen LogP contribution in [0.1, 0.15) is 69.3 Å². The van der Waals surface area contributed by atoms with Gasteiger partial charge in [-0.3, -0.25) is 0 Å². The lowest BCUT2D eigenvalue weighted by Gasteiger charge is -2.59. The fraction of sp³-hybridized carbons (Fsp3) is 0.522. The lowest BCUT2D eigenvalue weighted by molar-refractivity contribution is -0.757. The summed E-state index contributed by atoms with van der Waals surface area (Å²) < 4.78 is 15.7. The van der Waals surface area contributed by atoms with Crippen LogP contribution in [0.4, 0.5) is 0 Å². The predicted molar refractivity (Wildman–Crippen MR) is 102 cm³/mol. The molecule has 2 aromatic rings. The van der Waals surface area contributed by atoms with Crippen molar-refractivity contribution in [1.82, 2.24) is 0 Å². The number of ether oxygens (including phenoxy) is 2. The molecule has 1 aromatic carbocycles. The molecule has 0 N–H and O–H groups in total. The molecule has 0 amide bonds. The van der Waals surface area contributed by atoms with Crippen LogP contribution in [0.3, 0.4) is 0 Å². The largest absolute Gasteiger partial charge is 0.348 e. The molecule has 0 unspecified atom stereocenters. The molecule has 138 valence electrons. The Balaban J connectivity index is 2.11. The van der Waals surface area contributed by atoms with Gasteiger partial charge in [0.15, 0.2) is 23.7 Å². The highest BCUT2D eigenvalue weighted by atomic mass is 16.7. The highest BCUT2D eigenvalue weighted by Gasteiger charge is 2.72. The maximum atomic E-state index is 6.62. The first-order valence-electron chi connectivity index (χ1n) is 10.1. The Kier molecular flexibility index (Phi) is 4.40. The zero-order valence-electron chi connectivity index (χ0n) is 16.4. The fourth-order valence-electron chi connectivity index (χ4n) is 5.78. The Labute approximate surface area is 157 Å². The van der Waals surface area contributed by atoms with Crippen LogP contribution in [-0.4, -0.2) is 19.0 Å². The number of pyridine rings is 1. The molecule has 0 saturated heterocycles. The van der Waals surface area contributed by atoms with Gasteiger partial charge in [-0.2, -0.15) is 4.57 Å². The van der Waals surface area contributed by atoms with E-state index in [2.05, 4.69) is 80.9 Å². The molecule has 0 radical (unpaired) electrons. The van der Waals surface area contributed by atoms with Crippen LogP contribution >= 0.6 is 0 Å². The van der Waals surface area contributed by atoms with E-state index in [1.807, 2.05) is 0 Å². The van der Waals surface area contributed by atoms with Gasteiger partial charge in [-0.25, -0.2) is 0 Å². The van der Waals surface area contributed by atoms with E-state index in [0.717, 1.165) is 12.8 Å². The summed E-state index contributed by atoms with van der Waals surface area (Å²) in [7, 11) is 0. The zero-order valence-corrected chi connectivity index (χ0v) is 16.4. The van der Waals surface area contributed by atoms with Crippen molar-refractivity contribution in [3.8, 4) is 0 Å². The van der Waals surface area contributed by atoms with E-state index in [1.54, 1.807) is 0 Å². The standard InChI is InChI=1S/C23H30NO2/c1-5-22(6-2)21-18-14-10-9-13-17(18)20(19-15-11-12-16-24(19)21)23(22,25-7-3)26-8-4/h9-16,20-21H,5-8H2,1-4H3/q+1/t20-,21-/m0/s1. The molecule has 3 heteroatoms. The Bertz CT molecular complexity index is 743. The van der Waals surface area contributed by atoms with Crippen molar-refractivity contribution in [2.45, 2.75) is 58.3 Å². The molecular formula is C23H30NO2+. The Morgan fingerprint density at radius 2 is 1.46 bits per heavy atom. The second-order valence-corrected chi connectivity index (χ2v) is 7.39. The molecule has 0 spiro atoms. The van der Waals surface area contributed by atoms with Crippen molar-refractivity contribution >= 4 is 0 Å². The van der Waals surface area contributed by atoms with Crippen molar-refractivity contribution in [3.63, 3.8) is 0 Å². The normalized spacial score (nSPS) is 24.2. The number of hydrogen-bond acceptors (Lipinski definition) is 2. The van der Waals surface area contributed by atoms with E-state index in [9.17, 15) is 0 Å². The summed E-state index contributed by atoms with van der Waals surface area (Å²) in [5.41, 5.74) is 4.00. The number of aromatic nitrogens is 1. The smallest absolute Gasteiger partial charge is 0.197 e. The van der Waals surface area contributed by atoms with Gasteiger partial charge in [0.1, 0.15) is 5.92 Å². The van der Waals surface area contributed by atoms with Gasteiger partial charge in [0, 0.05) is 30.9 Å². The highest BCUT2D eigenvalue weighted by molar-refractivity contribution is 5.46.